The van der Waals surface area contributed by atoms with Gasteiger partial charge in [0, 0.05) is 21.2 Å². The van der Waals surface area contributed by atoms with Gasteiger partial charge in [-0.15, -0.1) is 5.10 Å². The van der Waals surface area contributed by atoms with E-state index < -0.39 is 25.8 Å². The third kappa shape index (κ3) is 9.26. The van der Waals surface area contributed by atoms with Crippen LogP contribution in [0, 0.1) is 11.7 Å². The maximum absolute atomic E-state index is 13.6. The van der Waals surface area contributed by atoms with Crippen LogP contribution < -0.4 is 5.32 Å². The number of ether oxygens (including phenoxy) is 1. The number of rotatable bonds is 13. The fraction of sp³-hybridized carbons (Fsp3) is 0.550. The molecule has 11 heteroatoms. The van der Waals surface area contributed by atoms with E-state index in [-0.39, 0.29) is 11.4 Å². The lowest BCUT2D eigenvalue weighted by atomic mass is 9.95. The fourth-order valence-corrected chi connectivity index (χ4v) is 4.11. The molecule has 1 heterocycles. The topological polar surface area (TPSA) is 89.3 Å². The number of nitrogens with zero attached hydrogens (tertiary/aromatic N) is 3. The average molecular weight is 536 g/mol. The van der Waals surface area contributed by atoms with Crippen molar-refractivity contribution in [2.24, 2.45) is 5.92 Å². The first-order valence-electron chi connectivity index (χ1n) is 10.1. The first kappa shape index (κ1) is 25.8. The third-order valence-electron chi connectivity index (χ3n) is 4.68. The van der Waals surface area contributed by atoms with Crippen molar-refractivity contribution < 1.29 is 19.0 Å². The van der Waals surface area contributed by atoms with Crippen LogP contribution in [0.2, 0.25) is 30.7 Å². The number of carboxylic acid groups (broad SMARTS) is 1. The Hall–Kier alpha value is -1.49. The minimum atomic E-state index is -1.15. The molecular formula is C20H29BrClFN4O3Si. The van der Waals surface area contributed by atoms with Gasteiger partial charge in [0.15, 0.2) is 0 Å². The molecular weight excluding hydrogens is 507 g/mol. The second kappa shape index (κ2) is 11.9. The van der Waals surface area contributed by atoms with Gasteiger partial charge in [0.1, 0.15) is 12.5 Å². The Balaban J connectivity index is 1.82. The molecule has 0 aliphatic carbocycles. The van der Waals surface area contributed by atoms with Crippen LogP contribution in [-0.4, -0.2) is 47.1 Å². The van der Waals surface area contributed by atoms with E-state index in [0.29, 0.717) is 49.0 Å². The summed E-state index contributed by atoms with van der Waals surface area (Å²) in [5.41, 5.74) is 0.612. The van der Waals surface area contributed by atoms with Crippen molar-refractivity contribution in [3.63, 3.8) is 0 Å². The maximum Gasteiger partial charge on any atom is 0.306 e. The van der Waals surface area contributed by atoms with E-state index in [1.54, 1.807) is 10.7 Å². The predicted octanol–water partition coefficient (Wildman–Crippen LogP) is 5.28. The van der Waals surface area contributed by atoms with E-state index >= 15 is 0 Å². The van der Waals surface area contributed by atoms with Crippen LogP contribution >= 0.6 is 27.5 Å². The highest BCUT2D eigenvalue weighted by Crippen LogP contribution is 2.20. The predicted molar refractivity (Wildman–Crippen MR) is 126 cm³/mol. The van der Waals surface area contributed by atoms with Crippen LogP contribution in [0.25, 0.3) is 0 Å². The van der Waals surface area contributed by atoms with E-state index in [1.807, 2.05) is 0 Å². The first-order chi connectivity index (χ1) is 14.5. The van der Waals surface area contributed by atoms with Crippen LogP contribution in [-0.2, 0) is 22.7 Å². The zero-order valence-electron chi connectivity index (χ0n) is 18.0. The molecule has 0 aliphatic heterocycles. The summed E-state index contributed by atoms with van der Waals surface area (Å²) < 4.78 is 21.4. The van der Waals surface area contributed by atoms with Crippen LogP contribution in [0.5, 0.6) is 0 Å². The molecule has 0 bridgehead atoms. The SMILES string of the molecule is C[Si](C)(C)CCOCn1nc(Br)nc1NCCCC(Cc1ccc(Cl)c(F)c1)C(=O)O. The molecule has 0 fully saturated rings. The van der Waals surface area contributed by atoms with E-state index in [2.05, 4.69) is 51.0 Å². The zero-order chi connectivity index (χ0) is 23.0. The number of benzene rings is 1. The summed E-state index contributed by atoms with van der Waals surface area (Å²) in [4.78, 5) is 15.9. The molecule has 2 N–H and O–H groups in total. The van der Waals surface area contributed by atoms with Gasteiger partial charge in [-0.2, -0.15) is 4.98 Å². The molecule has 0 spiro atoms. The lowest BCUT2D eigenvalue weighted by Crippen LogP contribution is -2.22. The number of nitrogens with one attached hydrogen (secondary N) is 1. The molecule has 172 valence electrons. The minimum Gasteiger partial charge on any atom is -0.481 e. The number of carbonyl (C=O) groups is 1. The van der Waals surface area contributed by atoms with Gasteiger partial charge in [0.05, 0.1) is 10.9 Å². The van der Waals surface area contributed by atoms with Crippen molar-refractivity contribution in [3.8, 4) is 0 Å². The molecule has 31 heavy (non-hydrogen) atoms. The van der Waals surface area contributed by atoms with Crippen LogP contribution in [0.4, 0.5) is 10.3 Å². The van der Waals surface area contributed by atoms with Gasteiger partial charge in [0.2, 0.25) is 10.7 Å². The summed E-state index contributed by atoms with van der Waals surface area (Å²) in [5.74, 6) is -1.50. The lowest BCUT2D eigenvalue weighted by Gasteiger charge is -2.16. The Kier molecular flexibility index (Phi) is 9.92. The lowest BCUT2D eigenvalue weighted by molar-refractivity contribution is -0.141. The molecule has 1 atom stereocenters. The Morgan fingerprint density at radius 1 is 1.42 bits per heavy atom. The van der Waals surface area contributed by atoms with Crippen molar-refractivity contribution in [3.05, 3.63) is 39.3 Å². The standard InChI is InChI=1S/C20H29BrClFN4O3Si/c1-31(2,3)10-9-30-13-27-20(25-19(21)26-27)24-8-4-5-15(18(28)29)11-14-6-7-16(22)17(23)12-14/h6-7,12,15H,4-5,8-11,13H2,1-3H3,(H,28,29)(H,24,25,26). The Labute approximate surface area is 196 Å². The van der Waals surface area contributed by atoms with Crippen molar-refractivity contribution in [2.75, 3.05) is 18.5 Å². The molecule has 1 aromatic carbocycles. The molecule has 1 aromatic heterocycles. The largest absolute Gasteiger partial charge is 0.481 e. The summed E-state index contributed by atoms with van der Waals surface area (Å²) in [6.45, 7) is 8.39. The number of aromatic nitrogens is 3. The van der Waals surface area contributed by atoms with Gasteiger partial charge in [0.25, 0.3) is 0 Å². The Morgan fingerprint density at radius 3 is 2.81 bits per heavy atom. The van der Waals surface area contributed by atoms with Crippen molar-refractivity contribution >= 4 is 47.5 Å². The molecule has 0 radical (unpaired) electrons. The van der Waals surface area contributed by atoms with Gasteiger partial charge in [-0.3, -0.25) is 4.79 Å². The van der Waals surface area contributed by atoms with Crippen LogP contribution in [0.3, 0.4) is 0 Å². The summed E-state index contributed by atoms with van der Waals surface area (Å²) in [6, 6.07) is 5.46. The molecule has 0 amide bonds. The van der Waals surface area contributed by atoms with Crippen molar-refractivity contribution in [2.45, 2.75) is 51.7 Å². The quantitative estimate of drug-likeness (QED) is 0.268. The van der Waals surface area contributed by atoms with E-state index in [9.17, 15) is 14.3 Å². The van der Waals surface area contributed by atoms with Crippen molar-refractivity contribution in [1.29, 1.82) is 0 Å². The number of hydrogen-bond acceptors (Lipinski definition) is 5. The molecule has 2 rings (SSSR count). The van der Waals surface area contributed by atoms with Gasteiger partial charge in [-0.25, -0.2) is 9.07 Å². The number of anilines is 1. The summed E-state index contributed by atoms with van der Waals surface area (Å²) in [5, 5.41) is 17.0. The summed E-state index contributed by atoms with van der Waals surface area (Å²) in [7, 11) is -1.15. The van der Waals surface area contributed by atoms with Crippen LogP contribution in [0.15, 0.2) is 22.9 Å². The van der Waals surface area contributed by atoms with E-state index in [4.69, 9.17) is 16.3 Å². The third-order valence-corrected chi connectivity index (χ3v) is 7.03. The zero-order valence-corrected chi connectivity index (χ0v) is 21.3. The molecule has 2 aromatic rings. The maximum atomic E-state index is 13.6. The molecule has 0 aliphatic rings. The summed E-state index contributed by atoms with van der Waals surface area (Å²) in [6.07, 6.45) is 1.29. The van der Waals surface area contributed by atoms with Gasteiger partial charge in [-0.1, -0.05) is 37.3 Å². The Bertz CT molecular complexity index is 879. The first-order valence-corrected chi connectivity index (χ1v) is 15.0. The molecule has 0 saturated carbocycles. The minimum absolute atomic E-state index is 0.0274. The van der Waals surface area contributed by atoms with Crippen molar-refractivity contribution in [1.82, 2.24) is 14.8 Å². The van der Waals surface area contributed by atoms with Gasteiger partial charge in [-0.05, 0) is 58.9 Å². The monoisotopic (exact) mass is 534 g/mol. The number of hydrogen-bond donors (Lipinski definition) is 2. The average Bonchev–Trinajstić information content (AvgIpc) is 3.02. The second-order valence-corrected chi connectivity index (χ2v) is 15.3. The van der Waals surface area contributed by atoms with E-state index in [1.165, 1.54) is 12.1 Å². The molecule has 1 unspecified atom stereocenters. The van der Waals surface area contributed by atoms with Gasteiger partial charge >= 0.3 is 5.97 Å². The highest BCUT2D eigenvalue weighted by molar-refractivity contribution is 9.10. The molecule has 0 saturated heterocycles. The highest BCUT2D eigenvalue weighted by Gasteiger charge is 2.19. The Morgan fingerprint density at radius 2 is 2.16 bits per heavy atom. The molecule has 7 nitrogen and oxygen atoms in total. The number of halogens is 3. The van der Waals surface area contributed by atoms with E-state index in [0.717, 1.165) is 6.04 Å². The smallest absolute Gasteiger partial charge is 0.306 e. The number of aliphatic carboxylic acids is 1. The normalized spacial score (nSPS) is 12.7. The fourth-order valence-electron chi connectivity index (χ4n) is 2.88. The summed E-state index contributed by atoms with van der Waals surface area (Å²) >= 11 is 8.96. The second-order valence-electron chi connectivity index (χ2n) is 8.61. The van der Waals surface area contributed by atoms with Crippen LogP contribution in [0.1, 0.15) is 18.4 Å². The van der Waals surface area contributed by atoms with Gasteiger partial charge < -0.3 is 15.2 Å². The number of carboxylic acids is 1. The highest BCUT2D eigenvalue weighted by atomic mass is 79.9.